The third kappa shape index (κ3) is 3.28. The third-order valence-electron chi connectivity index (χ3n) is 4.80. The van der Waals surface area contributed by atoms with E-state index in [0.29, 0.717) is 15.2 Å². The molecule has 4 aromatic rings. The zero-order chi connectivity index (χ0) is 22.7. The Kier molecular flexibility index (Phi) is 4.69. The van der Waals surface area contributed by atoms with Crippen molar-refractivity contribution in [3.8, 4) is 22.7 Å². The van der Waals surface area contributed by atoms with Crippen LogP contribution in [0, 0.1) is 6.92 Å². The molecule has 0 saturated heterocycles. The number of benzene rings is 2. The predicted octanol–water partition coefficient (Wildman–Crippen LogP) is 4.47. The second-order valence-corrected chi connectivity index (χ2v) is 7.22. The molecule has 4 rings (SSSR count). The summed E-state index contributed by atoms with van der Waals surface area (Å²) < 4.78 is 45.4. The van der Waals surface area contributed by atoms with Gasteiger partial charge in [0.25, 0.3) is 5.56 Å². The van der Waals surface area contributed by atoms with Crippen LogP contribution >= 0.6 is 11.6 Å². The topological polar surface area (TPSA) is 89.9 Å². The fourth-order valence-electron chi connectivity index (χ4n) is 3.29. The second kappa shape index (κ2) is 7.02. The first kappa shape index (κ1) is 20.7. The molecule has 31 heavy (non-hydrogen) atoms. The average molecular weight is 451 g/mol. The molecule has 1 radical (unpaired) electrons. The number of hydrogen-bond donors (Lipinski definition) is 0. The highest BCUT2D eigenvalue weighted by molar-refractivity contribution is 6.38. The number of fused-ring (bicyclic) bond motifs is 1. The van der Waals surface area contributed by atoms with Crippen LogP contribution in [0.15, 0.2) is 50.5 Å². The molecule has 0 atom stereocenters. The van der Waals surface area contributed by atoms with Crippen molar-refractivity contribution in [1.29, 1.82) is 0 Å². The van der Waals surface area contributed by atoms with Crippen LogP contribution in [-0.2, 0) is 18.3 Å². The summed E-state index contributed by atoms with van der Waals surface area (Å²) in [6.07, 6.45) is -4.89. The van der Waals surface area contributed by atoms with Gasteiger partial charge in [-0.1, -0.05) is 28.4 Å². The maximum absolute atomic E-state index is 13.1. The minimum Gasteiger partial charge on any atom is -0.356 e. The highest BCUT2D eigenvalue weighted by Crippen LogP contribution is 2.40. The number of rotatable bonds is 2. The molecular weight excluding hydrogens is 439 g/mol. The van der Waals surface area contributed by atoms with E-state index in [9.17, 15) is 27.9 Å². The van der Waals surface area contributed by atoms with Crippen LogP contribution in [0.3, 0.4) is 0 Å². The Morgan fingerprint density at radius 1 is 1.10 bits per heavy atom. The SMILES string of the molecule is Cc1ccc([O])c(-c2noc3ccc(-n4c(=O)cc(C(F)(F)F)n(C)c4=O)c(Cl)c23)c1. The predicted molar refractivity (Wildman–Crippen MR) is 105 cm³/mol. The van der Waals surface area contributed by atoms with Crippen LogP contribution in [0.2, 0.25) is 5.02 Å². The molecule has 0 amide bonds. The number of aromatic nitrogens is 3. The summed E-state index contributed by atoms with van der Waals surface area (Å²) in [6, 6.07) is 7.46. The molecule has 0 aliphatic carbocycles. The molecular formula is C20H12ClF3N3O4. The summed E-state index contributed by atoms with van der Waals surface area (Å²) in [7, 11) is 0.898. The second-order valence-electron chi connectivity index (χ2n) is 6.85. The highest BCUT2D eigenvalue weighted by Gasteiger charge is 2.35. The Labute approximate surface area is 176 Å². The van der Waals surface area contributed by atoms with Gasteiger partial charge in [-0.15, -0.1) is 0 Å². The summed E-state index contributed by atoms with van der Waals surface area (Å²) in [4.78, 5) is 25.1. The van der Waals surface area contributed by atoms with Gasteiger partial charge in [-0.3, -0.25) is 14.5 Å². The molecule has 2 heterocycles. The van der Waals surface area contributed by atoms with Gasteiger partial charge in [0, 0.05) is 13.1 Å². The van der Waals surface area contributed by atoms with E-state index in [1.54, 1.807) is 19.1 Å². The van der Waals surface area contributed by atoms with Gasteiger partial charge in [-0.05, 0) is 31.2 Å². The van der Waals surface area contributed by atoms with Crippen molar-refractivity contribution in [2.24, 2.45) is 7.05 Å². The molecule has 0 saturated carbocycles. The van der Waals surface area contributed by atoms with E-state index in [0.717, 1.165) is 12.6 Å². The van der Waals surface area contributed by atoms with Crippen molar-refractivity contribution in [1.82, 2.24) is 14.3 Å². The normalized spacial score (nSPS) is 11.9. The van der Waals surface area contributed by atoms with Gasteiger partial charge in [0.15, 0.2) is 11.3 Å². The number of hydrogen-bond acceptors (Lipinski definition) is 4. The summed E-state index contributed by atoms with van der Waals surface area (Å²) in [5.74, 6) is -0.357. The lowest BCUT2D eigenvalue weighted by molar-refractivity contribution is -0.144. The Bertz CT molecular complexity index is 1470. The van der Waals surface area contributed by atoms with Gasteiger partial charge >= 0.3 is 11.9 Å². The molecule has 0 bridgehead atoms. The van der Waals surface area contributed by atoms with E-state index in [-0.39, 0.29) is 38.7 Å². The Balaban J connectivity index is 2.03. The van der Waals surface area contributed by atoms with Crippen LogP contribution < -0.4 is 11.2 Å². The van der Waals surface area contributed by atoms with E-state index >= 15 is 0 Å². The maximum atomic E-state index is 13.1. The summed E-state index contributed by atoms with van der Waals surface area (Å²) in [6.45, 7) is 1.77. The Morgan fingerprint density at radius 3 is 2.48 bits per heavy atom. The van der Waals surface area contributed by atoms with Crippen molar-refractivity contribution in [2.45, 2.75) is 13.1 Å². The molecule has 0 spiro atoms. The number of nitrogens with zero attached hydrogens (tertiary/aromatic N) is 3. The first-order valence-electron chi connectivity index (χ1n) is 8.77. The van der Waals surface area contributed by atoms with Crippen molar-refractivity contribution < 1.29 is 22.8 Å². The zero-order valence-electron chi connectivity index (χ0n) is 16.0. The minimum absolute atomic E-state index is 0.0901. The van der Waals surface area contributed by atoms with Crippen LogP contribution in [-0.4, -0.2) is 14.3 Å². The van der Waals surface area contributed by atoms with E-state index in [4.69, 9.17) is 16.1 Å². The van der Waals surface area contributed by atoms with Crippen LogP contribution in [0.5, 0.6) is 5.75 Å². The van der Waals surface area contributed by atoms with Gasteiger partial charge in [0.2, 0.25) is 0 Å². The minimum atomic E-state index is -4.89. The lowest BCUT2D eigenvalue weighted by atomic mass is 10.0. The quantitative estimate of drug-likeness (QED) is 0.450. The van der Waals surface area contributed by atoms with Gasteiger partial charge in [-0.25, -0.2) is 9.36 Å². The number of halogens is 4. The maximum Gasteiger partial charge on any atom is 0.431 e. The highest BCUT2D eigenvalue weighted by atomic mass is 35.5. The van der Waals surface area contributed by atoms with Gasteiger partial charge in [0.1, 0.15) is 11.4 Å². The fraction of sp³-hybridized carbons (Fsp3) is 0.150. The van der Waals surface area contributed by atoms with Gasteiger partial charge in [-0.2, -0.15) is 13.2 Å². The molecule has 11 heteroatoms. The van der Waals surface area contributed by atoms with E-state index in [1.807, 2.05) is 0 Å². The van der Waals surface area contributed by atoms with Crippen molar-refractivity contribution in [3.05, 3.63) is 73.5 Å². The molecule has 0 N–H and O–H groups in total. The summed E-state index contributed by atoms with van der Waals surface area (Å²) in [5.41, 5.74) is -2.80. The lowest BCUT2D eigenvalue weighted by Crippen LogP contribution is -2.40. The number of aryl methyl sites for hydroxylation is 1. The summed E-state index contributed by atoms with van der Waals surface area (Å²) in [5, 5.41) is 16.2. The van der Waals surface area contributed by atoms with Gasteiger partial charge < -0.3 is 4.52 Å². The molecule has 159 valence electrons. The van der Waals surface area contributed by atoms with Gasteiger partial charge in [0.05, 0.1) is 21.7 Å². The van der Waals surface area contributed by atoms with Crippen LogP contribution in [0.1, 0.15) is 11.3 Å². The first-order chi connectivity index (χ1) is 14.5. The van der Waals surface area contributed by atoms with E-state index < -0.39 is 23.1 Å². The molecule has 0 fully saturated rings. The Morgan fingerprint density at radius 2 is 1.81 bits per heavy atom. The fourth-order valence-corrected chi connectivity index (χ4v) is 3.62. The standard InChI is InChI=1S/C20H12ClF3N3O4/c1-9-3-5-12(28)10(7-9)18-16-13(31-25-18)6-4-11(17(16)21)27-15(29)8-14(20(22,23)24)26(2)19(27)30/h3-8H,1-2H3. The third-order valence-corrected chi connectivity index (χ3v) is 5.18. The zero-order valence-corrected chi connectivity index (χ0v) is 16.7. The largest absolute Gasteiger partial charge is 0.431 e. The first-order valence-corrected chi connectivity index (χ1v) is 9.15. The molecule has 0 aliphatic heterocycles. The lowest BCUT2D eigenvalue weighted by Gasteiger charge is -2.14. The van der Waals surface area contributed by atoms with E-state index in [1.165, 1.54) is 18.2 Å². The molecule has 0 unspecified atom stereocenters. The molecule has 0 aliphatic rings. The number of alkyl halides is 3. The van der Waals surface area contributed by atoms with Crippen molar-refractivity contribution >= 4 is 22.6 Å². The van der Waals surface area contributed by atoms with E-state index in [2.05, 4.69) is 5.16 Å². The van der Waals surface area contributed by atoms with Crippen LogP contribution in [0.4, 0.5) is 13.2 Å². The summed E-state index contributed by atoms with van der Waals surface area (Å²) >= 11 is 6.46. The molecule has 2 aromatic heterocycles. The molecule has 7 nitrogen and oxygen atoms in total. The smallest absolute Gasteiger partial charge is 0.356 e. The van der Waals surface area contributed by atoms with Crippen LogP contribution in [0.25, 0.3) is 27.9 Å². The average Bonchev–Trinajstić information content (AvgIpc) is 3.12. The monoisotopic (exact) mass is 450 g/mol. The Hall–Kier alpha value is -3.53. The molecule has 2 aromatic carbocycles. The van der Waals surface area contributed by atoms with Crippen molar-refractivity contribution in [2.75, 3.05) is 0 Å². The van der Waals surface area contributed by atoms with Crippen molar-refractivity contribution in [3.63, 3.8) is 0 Å².